The van der Waals surface area contributed by atoms with E-state index in [2.05, 4.69) is 45.9 Å². The average Bonchev–Trinajstić information content (AvgIpc) is 2.55. The van der Waals surface area contributed by atoms with E-state index in [1.54, 1.807) is 0 Å². The number of rotatable bonds is 14. The Hall–Kier alpha value is -0.440. The van der Waals surface area contributed by atoms with Crippen LogP contribution in [0.25, 0.3) is 0 Å². The summed E-state index contributed by atoms with van der Waals surface area (Å²) in [6, 6.07) is 0. The van der Waals surface area contributed by atoms with Crippen molar-refractivity contribution in [2.24, 2.45) is 0 Å². The molecule has 0 aliphatic heterocycles. The Morgan fingerprint density at radius 3 is 1.93 bits per heavy atom. The summed E-state index contributed by atoms with van der Waals surface area (Å²) >= 11 is 0. The first-order valence-electron chi connectivity index (χ1n) is 9.71. The maximum Gasteiger partial charge on any atom is 0.335 e. The molecule has 0 amide bonds. The molecule has 7 heteroatoms. The number of hydrogen-bond acceptors (Lipinski definition) is 3. The van der Waals surface area contributed by atoms with Gasteiger partial charge < -0.3 is 19.5 Å². The van der Waals surface area contributed by atoms with Gasteiger partial charge in [0.15, 0.2) is 0 Å². The molecule has 0 aromatic heterocycles. The fourth-order valence-corrected chi connectivity index (χ4v) is 5.79. The molecular weight excluding hydrogens is 382 g/mol. The topological polar surface area (TPSA) is 94.8 Å². The van der Waals surface area contributed by atoms with Crippen LogP contribution in [0, 0.1) is 0 Å². The van der Waals surface area contributed by atoms with Gasteiger partial charge in [-0.1, -0.05) is 41.4 Å². The van der Waals surface area contributed by atoms with Crippen LogP contribution in [0.2, 0.25) is 0 Å². The van der Waals surface area contributed by atoms with E-state index in [0.29, 0.717) is 6.42 Å². The Kier molecular flexibility index (Phi) is 14.3. The molecule has 3 N–H and O–H groups in total. The Morgan fingerprint density at radius 1 is 0.926 bits per heavy atom. The van der Waals surface area contributed by atoms with Crippen molar-refractivity contribution in [3.63, 3.8) is 0 Å². The van der Waals surface area contributed by atoms with Crippen molar-refractivity contribution in [3.05, 3.63) is 34.9 Å². The van der Waals surface area contributed by atoms with Crippen molar-refractivity contribution in [3.8, 4) is 0 Å². The van der Waals surface area contributed by atoms with Gasteiger partial charge in [0.2, 0.25) is 0 Å². The van der Waals surface area contributed by atoms with E-state index in [1.165, 1.54) is 16.7 Å². The Morgan fingerprint density at radius 2 is 1.44 bits per heavy atom. The van der Waals surface area contributed by atoms with E-state index in [0.717, 1.165) is 38.5 Å². The lowest BCUT2D eigenvalue weighted by Gasteiger charge is -2.16. The molecule has 0 aromatic carbocycles. The van der Waals surface area contributed by atoms with Crippen molar-refractivity contribution in [2.45, 2.75) is 84.5 Å². The van der Waals surface area contributed by atoms with Gasteiger partial charge in [0.05, 0.1) is 6.35 Å². The monoisotopic (exact) mass is 420 g/mol. The fraction of sp³-hybridized carbons (Fsp3) is 0.700. The zero-order valence-corrected chi connectivity index (χ0v) is 19.2. The SMILES string of the molecule is CC(C)=CCC/C(C)=C/CC/C(C)=C/CCCCC([PH](=O)CO)P(=O)(O)O. The van der Waals surface area contributed by atoms with E-state index >= 15 is 0 Å². The summed E-state index contributed by atoms with van der Waals surface area (Å²) in [4.78, 5) is 18.5. The second kappa shape index (κ2) is 14.5. The highest BCUT2D eigenvalue weighted by atomic mass is 31.2. The smallest absolute Gasteiger partial charge is 0.335 e. The maximum absolute atomic E-state index is 11.6. The number of aliphatic hydroxyl groups excluding tert-OH is 1. The average molecular weight is 420 g/mol. The van der Waals surface area contributed by atoms with Crippen LogP contribution in [0.5, 0.6) is 0 Å². The van der Waals surface area contributed by atoms with E-state index in [9.17, 15) is 18.9 Å². The highest BCUT2D eigenvalue weighted by Crippen LogP contribution is 2.55. The summed E-state index contributed by atoms with van der Waals surface area (Å²) in [6.07, 6.45) is 12.8. The molecule has 0 aliphatic carbocycles. The van der Waals surface area contributed by atoms with Gasteiger partial charge in [0.1, 0.15) is 13.2 Å². The molecular formula is C20H38O5P2. The molecule has 0 spiro atoms. The molecule has 5 nitrogen and oxygen atoms in total. The summed E-state index contributed by atoms with van der Waals surface area (Å²) in [7, 11) is -7.05. The van der Waals surface area contributed by atoms with Gasteiger partial charge in [-0.25, -0.2) is 0 Å². The third kappa shape index (κ3) is 14.2. The molecule has 0 bridgehead atoms. The molecule has 0 aliphatic rings. The van der Waals surface area contributed by atoms with Crippen LogP contribution in [0.15, 0.2) is 34.9 Å². The van der Waals surface area contributed by atoms with Gasteiger partial charge in [-0.05, 0) is 72.6 Å². The molecule has 0 saturated carbocycles. The van der Waals surface area contributed by atoms with Gasteiger partial charge in [-0.15, -0.1) is 0 Å². The van der Waals surface area contributed by atoms with Crippen LogP contribution in [-0.4, -0.2) is 26.6 Å². The summed E-state index contributed by atoms with van der Waals surface area (Å²) in [6.45, 7) is 8.52. The lowest BCUT2D eigenvalue weighted by molar-refractivity contribution is 0.350. The maximum atomic E-state index is 11.6. The van der Waals surface area contributed by atoms with Crippen LogP contribution in [0.3, 0.4) is 0 Å². The molecule has 0 aromatic rings. The predicted molar refractivity (Wildman–Crippen MR) is 116 cm³/mol. The van der Waals surface area contributed by atoms with Crippen LogP contribution in [-0.2, 0) is 9.13 Å². The molecule has 0 rings (SSSR count). The summed E-state index contributed by atoms with van der Waals surface area (Å²) < 4.78 is 23.0. The number of unbranched alkanes of at least 4 members (excludes halogenated alkanes) is 2. The first kappa shape index (κ1) is 26.6. The summed E-state index contributed by atoms with van der Waals surface area (Å²) in [5, 5.41) is 7.73. The van der Waals surface area contributed by atoms with E-state index in [4.69, 9.17) is 5.11 Å². The van der Waals surface area contributed by atoms with Crippen molar-refractivity contribution in [2.75, 3.05) is 6.35 Å². The second-order valence-electron chi connectivity index (χ2n) is 7.47. The van der Waals surface area contributed by atoms with Crippen molar-refractivity contribution in [1.29, 1.82) is 0 Å². The minimum atomic E-state index is -4.41. The van der Waals surface area contributed by atoms with Gasteiger partial charge in [0, 0.05) is 0 Å². The highest BCUT2D eigenvalue weighted by molar-refractivity contribution is 7.67. The highest BCUT2D eigenvalue weighted by Gasteiger charge is 2.32. The van der Waals surface area contributed by atoms with Crippen LogP contribution in [0.1, 0.15) is 79.1 Å². The molecule has 27 heavy (non-hydrogen) atoms. The van der Waals surface area contributed by atoms with Gasteiger partial charge in [-0.3, -0.25) is 4.57 Å². The Balaban J connectivity index is 4.14. The van der Waals surface area contributed by atoms with Crippen molar-refractivity contribution >= 4 is 15.4 Å². The summed E-state index contributed by atoms with van der Waals surface area (Å²) in [5.41, 5.74) is 4.10. The lowest BCUT2D eigenvalue weighted by atomic mass is 10.1. The van der Waals surface area contributed by atoms with Gasteiger partial charge in [0.25, 0.3) is 0 Å². The Bertz CT molecular complexity index is 583. The first-order valence-corrected chi connectivity index (χ1v) is 13.1. The van der Waals surface area contributed by atoms with Crippen molar-refractivity contribution < 1.29 is 24.0 Å². The zero-order valence-electron chi connectivity index (χ0n) is 17.3. The van der Waals surface area contributed by atoms with E-state index in [-0.39, 0.29) is 6.42 Å². The molecule has 0 saturated heterocycles. The third-order valence-electron chi connectivity index (χ3n) is 4.48. The largest absolute Gasteiger partial charge is 0.389 e. The molecule has 2 atom stereocenters. The molecule has 158 valence electrons. The summed E-state index contributed by atoms with van der Waals surface area (Å²) in [5.74, 6) is 0. The standard InChI is InChI=1S/C20H38O5P2/c1-17(2)10-8-12-19(4)14-9-13-18(3)11-6-5-7-15-20(26(22)16-21)27(23,24)25/h10-11,14,20-21,26H,5-9,12-13,15-16H2,1-4H3,(H2,23,24,25)/b18-11+,19-14+. The number of allylic oxidation sites excluding steroid dienone is 6. The molecule has 2 unspecified atom stereocenters. The number of aliphatic hydroxyl groups is 1. The van der Waals surface area contributed by atoms with Crippen LogP contribution < -0.4 is 0 Å². The molecule has 0 radical (unpaired) electrons. The van der Waals surface area contributed by atoms with Gasteiger partial charge in [-0.2, -0.15) is 0 Å². The van der Waals surface area contributed by atoms with Gasteiger partial charge >= 0.3 is 7.60 Å². The normalized spacial score (nSPS) is 15.5. The number of hydrogen-bond donors (Lipinski definition) is 3. The Labute approximate surface area is 165 Å². The fourth-order valence-electron chi connectivity index (χ4n) is 2.79. The lowest BCUT2D eigenvalue weighted by Crippen LogP contribution is -2.05. The van der Waals surface area contributed by atoms with Crippen molar-refractivity contribution in [1.82, 2.24) is 0 Å². The second-order valence-corrected chi connectivity index (χ2v) is 11.7. The van der Waals surface area contributed by atoms with E-state index < -0.39 is 27.1 Å². The minimum absolute atomic E-state index is 0.198. The quantitative estimate of drug-likeness (QED) is 0.183. The molecule has 0 fully saturated rings. The van der Waals surface area contributed by atoms with E-state index in [1.807, 2.05) is 0 Å². The predicted octanol–water partition coefficient (Wildman–Crippen LogP) is 5.98. The third-order valence-corrected chi connectivity index (χ3v) is 8.77. The molecule has 0 heterocycles. The first-order chi connectivity index (χ1) is 12.6. The van der Waals surface area contributed by atoms with Crippen LogP contribution in [0.4, 0.5) is 0 Å². The minimum Gasteiger partial charge on any atom is -0.389 e. The van der Waals surface area contributed by atoms with Crippen LogP contribution >= 0.6 is 15.4 Å². The zero-order chi connectivity index (χ0) is 20.9.